The molecule has 0 amide bonds. The Hall–Kier alpha value is -1.77. The molecular formula is C10H10O3. The standard InChI is InChI=1S/C10H10O3/c1-7-3-5-9(6-4-7)13-10(12)8(2)11/h3-6,11H,2H2,1H3. The van der Waals surface area contributed by atoms with E-state index in [0.29, 0.717) is 5.75 Å². The molecule has 0 aromatic heterocycles. The van der Waals surface area contributed by atoms with Crippen molar-refractivity contribution in [2.24, 2.45) is 0 Å². The van der Waals surface area contributed by atoms with Crippen LogP contribution in [0.5, 0.6) is 5.75 Å². The molecule has 0 saturated heterocycles. The topological polar surface area (TPSA) is 46.5 Å². The molecule has 1 N–H and O–H groups in total. The molecule has 0 aliphatic heterocycles. The van der Waals surface area contributed by atoms with Crippen LogP contribution in [0.4, 0.5) is 0 Å². The second kappa shape index (κ2) is 3.76. The van der Waals surface area contributed by atoms with Gasteiger partial charge in [0.25, 0.3) is 0 Å². The molecule has 0 heterocycles. The zero-order valence-corrected chi connectivity index (χ0v) is 7.28. The molecule has 68 valence electrons. The van der Waals surface area contributed by atoms with Crippen molar-refractivity contribution in [3.63, 3.8) is 0 Å². The zero-order chi connectivity index (χ0) is 9.84. The fourth-order valence-electron chi connectivity index (χ4n) is 0.772. The molecule has 0 saturated carbocycles. The predicted octanol–water partition coefficient (Wildman–Crippen LogP) is 1.97. The molecule has 0 atom stereocenters. The average molecular weight is 178 g/mol. The van der Waals surface area contributed by atoms with Crippen LogP contribution in [0.15, 0.2) is 36.6 Å². The Bertz CT molecular complexity index is 325. The summed E-state index contributed by atoms with van der Waals surface area (Å²) in [5, 5.41) is 8.67. The van der Waals surface area contributed by atoms with Gasteiger partial charge in [0.2, 0.25) is 0 Å². The van der Waals surface area contributed by atoms with Crippen LogP contribution in [-0.4, -0.2) is 11.1 Å². The van der Waals surface area contributed by atoms with E-state index in [-0.39, 0.29) is 0 Å². The Morgan fingerprint density at radius 1 is 1.38 bits per heavy atom. The van der Waals surface area contributed by atoms with Gasteiger partial charge < -0.3 is 9.84 Å². The van der Waals surface area contributed by atoms with Crippen LogP contribution >= 0.6 is 0 Å². The third-order valence-electron chi connectivity index (χ3n) is 1.47. The lowest BCUT2D eigenvalue weighted by molar-refractivity contribution is -0.132. The first kappa shape index (κ1) is 9.32. The van der Waals surface area contributed by atoms with Crippen molar-refractivity contribution >= 4 is 5.97 Å². The molecule has 3 nitrogen and oxygen atoms in total. The Labute approximate surface area is 76.3 Å². The number of hydrogen-bond acceptors (Lipinski definition) is 3. The molecule has 0 aliphatic carbocycles. The third kappa shape index (κ3) is 2.63. The van der Waals surface area contributed by atoms with E-state index >= 15 is 0 Å². The van der Waals surface area contributed by atoms with E-state index in [1.807, 2.05) is 19.1 Å². The number of hydrogen-bond donors (Lipinski definition) is 1. The van der Waals surface area contributed by atoms with Crippen molar-refractivity contribution < 1.29 is 14.6 Å². The molecular weight excluding hydrogens is 168 g/mol. The molecule has 1 rings (SSSR count). The van der Waals surface area contributed by atoms with Crippen LogP contribution in [0.25, 0.3) is 0 Å². The summed E-state index contributed by atoms with van der Waals surface area (Å²) in [4.78, 5) is 10.8. The fourth-order valence-corrected chi connectivity index (χ4v) is 0.772. The minimum atomic E-state index is -0.830. The SMILES string of the molecule is C=C(O)C(=O)Oc1ccc(C)cc1. The highest BCUT2D eigenvalue weighted by atomic mass is 16.5. The maximum absolute atomic E-state index is 10.8. The molecule has 0 aliphatic rings. The maximum Gasteiger partial charge on any atom is 0.378 e. The van der Waals surface area contributed by atoms with Crippen molar-refractivity contribution in [1.29, 1.82) is 0 Å². The van der Waals surface area contributed by atoms with E-state index in [1.165, 1.54) is 0 Å². The molecule has 0 bridgehead atoms. The summed E-state index contributed by atoms with van der Waals surface area (Å²) in [5.41, 5.74) is 1.07. The summed E-state index contributed by atoms with van der Waals surface area (Å²) in [6.07, 6.45) is 0. The van der Waals surface area contributed by atoms with Crippen molar-refractivity contribution in [3.05, 3.63) is 42.2 Å². The van der Waals surface area contributed by atoms with Gasteiger partial charge in [0.1, 0.15) is 5.75 Å². The van der Waals surface area contributed by atoms with Gasteiger partial charge >= 0.3 is 5.97 Å². The molecule has 0 spiro atoms. The summed E-state index contributed by atoms with van der Waals surface area (Å²) >= 11 is 0. The third-order valence-corrected chi connectivity index (χ3v) is 1.47. The van der Waals surface area contributed by atoms with E-state index < -0.39 is 11.7 Å². The number of rotatable bonds is 2. The number of aryl methyl sites for hydroxylation is 1. The van der Waals surface area contributed by atoms with Crippen molar-refractivity contribution in [3.8, 4) is 5.75 Å². The number of ether oxygens (including phenoxy) is 1. The number of aliphatic hydroxyl groups excluding tert-OH is 1. The Kier molecular flexibility index (Phi) is 2.69. The van der Waals surface area contributed by atoms with E-state index in [1.54, 1.807) is 12.1 Å². The minimum Gasteiger partial charge on any atom is -0.502 e. The summed E-state index contributed by atoms with van der Waals surface area (Å²) in [7, 11) is 0. The number of esters is 1. The largest absolute Gasteiger partial charge is 0.502 e. The molecule has 0 radical (unpaired) electrons. The van der Waals surface area contributed by atoms with Gasteiger partial charge in [-0.1, -0.05) is 17.7 Å². The first-order valence-corrected chi connectivity index (χ1v) is 3.76. The maximum atomic E-state index is 10.8. The van der Waals surface area contributed by atoms with Crippen LogP contribution < -0.4 is 4.74 Å². The fraction of sp³-hybridized carbons (Fsp3) is 0.100. The summed E-state index contributed by atoms with van der Waals surface area (Å²) in [5.74, 6) is -1.03. The Balaban J connectivity index is 2.70. The second-order valence-electron chi connectivity index (χ2n) is 2.65. The normalized spacial score (nSPS) is 9.31. The van der Waals surface area contributed by atoms with E-state index in [9.17, 15) is 4.79 Å². The van der Waals surface area contributed by atoms with Crippen molar-refractivity contribution in [1.82, 2.24) is 0 Å². The molecule has 0 unspecified atom stereocenters. The predicted molar refractivity (Wildman–Crippen MR) is 48.6 cm³/mol. The molecule has 0 fully saturated rings. The highest BCUT2D eigenvalue weighted by Crippen LogP contribution is 2.12. The summed E-state index contributed by atoms with van der Waals surface area (Å²) in [6.45, 7) is 4.98. The van der Waals surface area contributed by atoms with Gasteiger partial charge in [0, 0.05) is 0 Å². The van der Waals surface area contributed by atoms with Crippen LogP contribution in [0.3, 0.4) is 0 Å². The van der Waals surface area contributed by atoms with Gasteiger partial charge in [-0.05, 0) is 25.6 Å². The van der Waals surface area contributed by atoms with E-state index in [0.717, 1.165) is 5.56 Å². The van der Waals surface area contributed by atoms with Crippen LogP contribution in [0.1, 0.15) is 5.56 Å². The number of carbonyl (C=O) groups is 1. The zero-order valence-electron chi connectivity index (χ0n) is 7.28. The second-order valence-corrected chi connectivity index (χ2v) is 2.65. The summed E-state index contributed by atoms with van der Waals surface area (Å²) < 4.78 is 4.74. The average Bonchev–Trinajstić information content (AvgIpc) is 2.08. The molecule has 1 aromatic rings. The lowest BCUT2D eigenvalue weighted by Gasteiger charge is -2.02. The smallest absolute Gasteiger partial charge is 0.378 e. The monoisotopic (exact) mass is 178 g/mol. The van der Waals surface area contributed by atoms with Gasteiger partial charge in [-0.2, -0.15) is 0 Å². The molecule has 13 heavy (non-hydrogen) atoms. The molecule has 3 heteroatoms. The van der Waals surface area contributed by atoms with E-state index in [4.69, 9.17) is 9.84 Å². The first-order chi connectivity index (χ1) is 6.09. The number of aliphatic hydroxyl groups is 1. The van der Waals surface area contributed by atoms with Gasteiger partial charge in [-0.25, -0.2) is 4.79 Å². The quantitative estimate of drug-likeness (QED) is 0.326. The van der Waals surface area contributed by atoms with Crippen LogP contribution in [-0.2, 0) is 4.79 Å². The van der Waals surface area contributed by atoms with Crippen molar-refractivity contribution in [2.45, 2.75) is 6.92 Å². The van der Waals surface area contributed by atoms with Crippen LogP contribution in [0, 0.1) is 6.92 Å². The Morgan fingerprint density at radius 3 is 2.38 bits per heavy atom. The minimum absolute atomic E-state index is 0.394. The van der Waals surface area contributed by atoms with Gasteiger partial charge in [0.15, 0.2) is 5.76 Å². The van der Waals surface area contributed by atoms with Gasteiger partial charge in [-0.3, -0.25) is 0 Å². The lowest BCUT2D eigenvalue weighted by Crippen LogP contribution is -2.09. The summed E-state index contributed by atoms with van der Waals surface area (Å²) in [6, 6.07) is 6.91. The van der Waals surface area contributed by atoms with Crippen molar-refractivity contribution in [2.75, 3.05) is 0 Å². The highest BCUT2D eigenvalue weighted by Gasteiger charge is 2.06. The lowest BCUT2D eigenvalue weighted by atomic mass is 10.2. The first-order valence-electron chi connectivity index (χ1n) is 3.76. The van der Waals surface area contributed by atoms with E-state index in [2.05, 4.69) is 6.58 Å². The number of carbonyl (C=O) groups excluding carboxylic acids is 1. The van der Waals surface area contributed by atoms with Gasteiger partial charge in [-0.15, -0.1) is 0 Å². The molecule has 1 aromatic carbocycles. The number of benzene rings is 1. The Morgan fingerprint density at radius 2 is 1.92 bits per heavy atom. The van der Waals surface area contributed by atoms with Crippen LogP contribution in [0.2, 0.25) is 0 Å². The van der Waals surface area contributed by atoms with Gasteiger partial charge in [0.05, 0.1) is 0 Å². The highest BCUT2D eigenvalue weighted by molar-refractivity contribution is 5.86.